The van der Waals surface area contributed by atoms with Gasteiger partial charge in [0.25, 0.3) is 0 Å². The molecule has 0 radical (unpaired) electrons. The summed E-state index contributed by atoms with van der Waals surface area (Å²) in [6.07, 6.45) is -0.895. The van der Waals surface area contributed by atoms with Crippen molar-refractivity contribution in [1.82, 2.24) is 10.6 Å². The molecule has 98 valence electrons. The molecular formula is C11H26N2O3. The summed E-state index contributed by atoms with van der Waals surface area (Å²) < 4.78 is 0. The molecule has 0 aliphatic carbocycles. The smallest absolute Gasteiger partial charge is 0.245 e. The van der Waals surface area contributed by atoms with Crippen molar-refractivity contribution in [2.24, 2.45) is 0 Å². The fraction of sp³-hybridized carbons (Fsp3) is 0.818. The molecule has 0 aromatic heterocycles. The van der Waals surface area contributed by atoms with Crippen molar-refractivity contribution in [2.75, 3.05) is 7.05 Å². The van der Waals surface area contributed by atoms with Gasteiger partial charge in [-0.3, -0.25) is 9.59 Å². The highest BCUT2D eigenvalue weighted by Crippen LogP contribution is 1.92. The van der Waals surface area contributed by atoms with E-state index < -0.39 is 18.1 Å². The Bertz CT molecular complexity index is 182. The Morgan fingerprint density at radius 3 is 1.69 bits per heavy atom. The summed E-state index contributed by atoms with van der Waals surface area (Å²) in [5.74, 6) is -0.746. The molecule has 5 nitrogen and oxygen atoms in total. The molecule has 0 heterocycles. The van der Waals surface area contributed by atoms with Gasteiger partial charge in [0.15, 0.2) is 0 Å². The maximum atomic E-state index is 11.0. The van der Waals surface area contributed by atoms with Crippen molar-refractivity contribution in [3.8, 4) is 0 Å². The molecule has 2 amide bonds. The predicted octanol–water partition coefficient (Wildman–Crippen LogP) is 0.670. The molecule has 5 heteroatoms. The highest BCUT2D eigenvalue weighted by molar-refractivity contribution is 5.87. The monoisotopic (exact) mass is 234 g/mol. The topological polar surface area (TPSA) is 78.4 Å². The second-order valence-electron chi connectivity index (χ2n) is 2.53. The number of nitrogens with one attached hydrogen (secondary N) is 2. The molecule has 0 bridgehead atoms. The highest BCUT2D eigenvalue weighted by atomic mass is 16.3. The van der Waals surface area contributed by atoms with Crippen LogP contribution in [-0.4, -0.2) is 36.1 Å². The van der Waals surface area contributed by atoms with E-state index >= 15 is 0 Å². The average Bonchev–Trinajstić information content (AvgIpc) is 2.29. The molecule has 0 fully saturated rings. The summed E-state index contributed by atoms with van der Waals surface area (Å²) in [7, 11) is 1.44. The first-order valence-electron chi connectivity index (χ1n) is 5.65. The number of carbonyl (C=O) groups is 2. The van der Waals surface area contributed by atoms with Crippen LogP contribution in [0.5, 0.6) is 0 Å². The summed E-state index contributed by atoms with van der Waals surface area (Å²) in [5, 5.41) is 13.8. The van der Waals surface area contributed by atoms with Crippen molar-refractivity contribution in [2.45, 2.75) is 53.7 Å². The molecular weight excluding hydrogens is 208 g/mol. The van der Waals surface area contributed by atoms with Crippen molar-refractivity contribution in [3.63, 3.8) is 0 Å². The minimum absolute atomic E-state index is 0.343. The maximum absolute atomic E-state index is 11.0. The zero-order valence-electron chi connectivity index (χ0n) is 11.4. The molecule has 0 saturated heterocycles. The van der Waals surface area contributed by atoms with Gasteiger partial charge < -0.3 is 15.7 Å². The lowest BCUT2D eigenvalue weighted by Gasteiger charge is -2.18. The zero-order valence-corrected chi connectivity index (χ0v) is 11.4. The van der Waals surface area contributed by atoms with E-state index in [1.165, 1.54) is 20.9 Å². The lowest BCUT2D eigenvalue weighted by Crippen LogP contribution is -2.51. The Balaban J connectivity index is -0.000000376. The van der Waals surface area contributed by atoms with Crippen molar-refractivity contribution in [3.05, 3.63) is 0 Å². The molecule has 3 N–H and O–H groups in total. The normalized spacial score (nSPS) is 11.8. The Hall–Kier alpha value is -1.10. The van der Waals surface area contributed by atoms with Gasteiger partial charge in [-0.05, 0) is 6.92 Å². The summed E-state index contributed by atoms with van der Waals surface area (Å²) in [5.41, 5.74) is 0. The van der Waals surface area contributed by atoms with E-state index in [-0.39, 0.29) is 5.91 Å². The van der Waals surface area contributed by atoms with Crippen LogP contribution in [0, 0.1) is 0 Å². The van der Waals surface area contributed by atoms with Gasteiger partial charge in [0.2, 0.25) is 11.8 Å². The summed E-state index contributed by atoms with van der Waals surface area (Å²) >= 11 is 0. The third-order valence-corrected chi connectivity index (χ3v) is 1.37. The van der Waals surface area contributed by atoms with Crippen molar-refractivity contribution < 1.29 is 14.7 Å². The van der Waals surface area contributed by atoms with Crippen LogP contribution in [0.3, 0.4) is 0 Å². The van der Waals surface area contributed by atoms with Gasteiger partial charge in [0, 0.05) is 14.0 Å². The molecule has 2 atom stereocenters. The number of hydrogen-bond acceptors (Lipinski definition) is 3. The third-order valence-electron chi connectivity index (χ3n) is 1.37. The minimum Gasteiger partial charge on any atom is -0.391 e. The first-order valence-corrected chi connectivity index (χ1v) is 5.65. The van der Waals surface area contributed by atoms with Gasteiger partial charge in [-0.1, -0.05) is 27.7 Å². The largest absolute Gasteiger partial charge is 0.391 e. The van der Waals surface area contributed by atoms with E-state index in [1.54, 1.807) is 0 Å². The van der Waals surface area contributed by atoms with Crippen LogP contribution < -0.4 is 10.6 Å². The van der Waals surface area contributed by atoms with Crippen LogP contribution in [0.4, 0.5) is 0 Å². The lowest BCUT2D eigenvalue weighted by molar-refractivity contribution is -0.130. The van der Waals surface area contributed by atoms with E-state index in [2.05, 4.69) is 10.6 Å². The van der Waals surface area contributed by atoms with Crippen LogP contribution in [0.25, 0.3) is 0 Å². The Labute approximate surface area is 98.6 Å². The van der Waals surface area contributed by atoms with E-state index in [1.807, 2.05) is 27.7 Å². The van der Waals surface area contributed by atoms with Crippen molar-refractivity contribution in [1.29, 1.82) is 0 Å². The van der Waals surface area contributed by atoms with Crippen molar-refractivity contribution >= 4 is 11.8 Å². The summed E-state index contributed by atoms with van der Waals surface area (Å²) in [6, 6.07) is -0.868. The van der Waals surface area contributed by atoms with Gasteiger partial charge in [-0.25, -0.2) is 0 Å². The number of aliphatic hydroxyl groups is 1. The van der Waals surface area contributed by atoms with Gasteiger partial charge >= 0.3 is 0 Å². The third kappa shape index (κ3) is 11.0. The number of rotatable bonds is 3. The molecule has 2 unspecified atom stereocenters. The molecule has 0 spiro atoms. The SMILES string of the molecule is CC.CC.CNC(=O)C(NC(C)=O)C(C)O. The van der Waals surface area contributed by atoms with E-state index in [4.69, 9.17) is 5.11 Å². The second-order valence-corrected chi connectivity index (χ2v) is 2.53. The Kier molecular flexibility index (Phi) is 17.7. The fourth-order valence-electron chi connectivity index (χ4n) is 0.780. The van der Waals surface area contributed by atoms with Crippen LogP contribution >= 0.6 is 0 Å². The van der Waals surface area contributed by atoms with E-state index in [0.29, 0.717) is 0 Å². The van der Waals surface area contributed by atoms with Gasteiger partial charge in [0.1, 0.15) is 6.04 Å². The Morgan fingerprint density at radius 1 is 1.12 bits per heavy atom. The van der Waals surface area contributed by atoms with Gasteiger partial charge in [0.05, 0.1) is 6.10 Å². The van der Waals surface area contributed by atoms with Crippen LogP contribution in [-0.2, 0) is 9.59 Å². The first kappa shape index (κ1) is 20.3. The van der Waals surface area contributed by atoms with Crippen LogP contribution in [0.1, 0.15) is 41.5 Å². The predicted molar refractivity (Wildman–Crippen MR) is 66.0 cm³/mol. The highest BCUT2D eigenvalue weighted by Gasteiger charge is 2.22. The lowest BCUT2D eigenvalue weighted by atomic mass is 10.1. The number of likely N-dealkylation sites (N-methyl/N-ethyl adjacent to an activating group) is 1. The molecule has 0 aliphatic rings. The zero-order chi connectivity index (χ0) is 13.7. The Morgan fingerprint density at radius 2 is 1.50 bits per heavy atom. The van der Waals surface area contributed by atoms with E-state index in [9.17, 15) is 9.59 Å². The second kappa shape index (κ2) is 13.9. The van der Waals surface area contributed by atoms with Crippen LogP contribution in [0.15, 0.2) is 0 Å². The number of amides is 2. The van der Waals surface area contributed by atoms with Gasteiger partial charge in [-0.2, -0.15) is 0 Å². The molecule has 0 aliphatic heterocycles. The van der Waals surface area contributed by atoms with Gasteiger partial charge in [-0.15, -0.1) is 0 Å². The summed E-state index contributed by atoms with van der Waals surface area (Å²) in [4.78, 5) is 21.6. The minimum atomic E-state index is -0.895. The standard InChI is InChI=1S/C7H14N2O3.2C2H6/c1-4(10)6(7(12)8-3)9-5(2)11;2*1-2/h4,6,10H,1-3H3,(H,8,12)(H,9,11);2*1-2H3. The number of aliphatic hydroxyl groups excluding tert-OH is 1. The summed E-state index contributed by atoms with van der Waals surface area (Å²) in [6.45, 7) is 10.7. The molecule has 0 saturated carbocycles. The molecule has 0 aromatic rings. The molecule has 0 rings (SSSR count). The number of carbonyl (C=O) groups excluding carboxylic acids is 2. The molecule has 0 aromatic carbocycles. The van der Waals surface area contributed by atoms with E-state index in [0.717, 1.165) is 0 Å². The first-order chi connectivity index (χ1) is 7.49. The van der Waals surface area contributed by atoms with Crippen LogP contribution in [0.2, 0.25) is 0 Å². The molecule has 16 heavy (non-hydrogen) atoms. The average molecular weight is 234 g/mol. The number of hydrogen-bond donors (Lipinski definition) is 3. The maximum Gasteiger partial charge on any atom is 0.245 e. The quantitative estimate of drug-likeness (QED) is 0.671. The fourth-order valence-corrected chi connectivity index (χ4v) is 0.780.